The molecular weight excluding hydrogens is 228 g/mol. The number of aryl methyl sites for hydroxylation is 1. The maximum atomic E-state index is 11.8. The van der Waals surface area contributed by atoms with Gasteiger partial charge in [-0.3, -0.25) is 4.79 Å². The van der Waals surface area contributed by atoms with Crippen LogP contribution in [0.1, 0.15) is 22.8 Å². The summed E-state index contributed by atoms with van der Waals surface area (Å²) in [6.45, 7) is 3.52. The number of carbonyl (C=O) groups is 1. The van der Waals surface area contributed by atoms with Gasteiger partial charge in [-0.15, -0.1) is 11.6 Å². The Labute approximate surface area is 100 Å². The fourth-order valence-electron chi connectivity index (χ4n) is 1.46. The monoisotopic (exact) mass is 242 g/mol. The number of halogens is 1. The molecule has 0 saturated carbocycles. The highest BCUT2D eigenvalue weighted by Crippen LogP contribution is 2.29. The Morgan fingerprint density at radius 3 is 2.25 bits per heavy atom. The molecule has 0 N–H and O–H groups in total. The van der Waals surface area contributed by atoms with Gasteiger partial charge in [-0.25, -0.2) is 0 Å². The maximum absolute atomic E-state index is 11.8. The first-order chi connectivity index (χ1) is 7.51. The van der Waals surface area contributed by atoms with Crippen molar-refractivity contribution in [1.82, 2.24) is 0 Å². The van der Waals surface area contributed by atoms with Crippen molar-refractivity contribution in [3.8, 4) is 11.5 Å². The van der Waals surface area contributed by atoms with E-state index in [4.69, 9.17) is 21.1 Å². The quantitative estimate of drug-likeness (QED) is 0.602. The highest BCUT2D eigenvalue weighted by atomic mass is 35.5. The van der Waals surface area contributed by atoms with E-state index in [-0.39, 0.29) is 5.78 Å². The van der Waals surface area contributed by atoms with Crippen LogP contribution in [0.3, 0.4) is 0 Å². The lowest BCUT2D eigenvalue weighted by Gasteiger charge is -2.12. The lowest BCUT2D eigenvalue weighted by Crippen LogP contribution is -2.12. The first-order valence-electron chi connectivity index (χ1n) is 4.92. The SMILES string of the molecule is COc1cc(C(=O)C(C)Cl)c(OC)cc1C. The lowest BCUT2D eigenvalue weighted by molar-refractivity contribution is 0.0988. The van der Waals surface area contributed by atoms with E-state index in [1.165, 1.54) is 7.11 Å². The van der Waals surface area contributed by atoms with Crippen molar-refractivity contribution in [3.63, 3.8) is 0 Å². The van der Waals surface area contributed by atoms with Crippen LogP contribution in [0.4, 0.5) is 0 Å². The van der Waals surface area contributed by atoms with Crippen molar-refractivity contribution in [2.45, 2.75) is 19.2 Å². The summed E-state index contributed by atoms with van der Waals surface area (Å²) in [5.74, 6) is 1.01. The molecule has 0 bridgehead atoms. The van der Waals surface area contributed by atoms with Crippen molar-refractivity contribution in [2.24, 2.45) is 0 Å². The van der Waals surface area contributed by atoms with Gasteiger partial charge >= 0.3 is 0 Å². The first-order valence-corrected chi connectivity index (χ1v) is 5.35. The average molecular weight is 243 g/mol. The summed E-state index contributed by atoms with van der Waals surface area (Å²) < 4.78 is 10.3. The molecule has 0 aliphatic carbocycles. The Morgan fingerprint density at radius 1 is 1.25 bits per heavy atom. The van der Waals surface area contributed by atoms with Crippen LogP contribution in [0.25, 0.3) is 0 Å². The van der Waals surface area contributed by atoms with E-state index in [0.29, 0.717) is 17.1 Å². The summed E-state index contributed by atoms with van der Waals surface area (Å²) in [6.07, 6.45) is 0. The number of hydrogen-bond acceptors (Lipinski definition) is 3. The Bertz CT molecular complexity index is 399. The standard InChI is InChI=1S/C12H15ClO3/c1-7-5-11(16-4)9(6-10(7)15-3)12(14)8(2)13/h5-6,8H,1-4H3. The molecule has 88 valence electrons. The highest BCUT2D eigenvalue weighted by Gasteiger charge is 2.19. The molecule has 0 saturated heterocycles. The van der Waals surface area contributed by atoms with Crippen molar-refractivity contribution < 1.29 is 14.3 Å². The molecule has 1 atom stereocenters. The van der Waals surface area contributed by atoms with Crippen LogP contribution in [0, 0.1) is 6.92 Å². The second-order valence-electron chi connectivity index (χ2n) is 3.50. The smallest absolute Gasteiger partial charge is 0.184 e. The van der Waals surface area contributed by atoms with E-state index >= 15 is 0 Å². The Kier molecular flexibility index (Phi) is 4.19. The summed E-state index contributed by atoms with van der Waals surface area (Å²) in [6, 6.07) is 3.43. The molecule has 4 heteroatoms. The summed E-state index contributed by atoms with van der Waals surface area (Å²) in [5, 5.41) is -0.582. The van der Waals surface area contributed by atoms with Gasteiger partial charge in [-0.1, -0.05) is 0 Å². The Balaban J connectivity index is 3.30. The van der Waals surface area contributed by atoms with Gasteiger partial charge in [0, 0.05) is 0 Å². The molecule has 0 radical (unpaired) electrons. The second kappa shape index (κ2) is 5.21. The molecule has 1 rings (SSSR count). The number of hydrogen-bond donors (Lipinski definition) is 0. The fraction of sp³-hybridized carbons (Fsp3) is 0.417. The zero-order valence-electron chi connectivity index (χ0n) is 9.83. The normalized spacial score (nSPS) is 12.1. The van der Waals surface area contributed by atoms with Crippen LogP contribution in [0.2, 0.25) is 0 Å². The van der Waals surface area contributed by atoms with Gasteiger partial charge < -0.3 is 9.47 Å². The summed E-state index contributed by atoms with van der Waals surface area (Å²) in [5.41, 5.74) is 1.37. The number of rotatable bonds is 4. The highest BCUT2D eigenvalue weighted by molar-refractivity contribution is 6.34. The van der Waals surface area contributed by atoms with Gasteiger partial charge in [-0.2, -0.15) is 0 Å². The zero-order valence-corrected chi connectivity index (χ0v) is 10.6. The molecule has 0 amide bonds. The van der Waals surface area contributed by atoms with Crippen LogP contribution < -0.4 is 9.47 Å². The van der Waals surface area contributed by atoms with Gasteiger partial charge in [0.15, 0.2) is 5.78 Å². The average Bonchev–Trinajstić information content (AvgIpc) is 2.27. The Morgan fingerprint density at radius 2 is 1.81 bits per heavy atom. The van der Waals surface area contributed by atoms with Gasteiger partial charge in [0.2, 0.25) is 0 Å². The van der Waals surface area contributed by atoms with Crippen molar-refractivity contribution in [3.05, 3.63) is 23.3 Å². The predicted molar refractivity (Wildman–Crippen MR) is 63.9 cm³/mol. The van der Waals surface area contributed by atoms with Crippen molar-refractivity contribution in [1.29, 1.82) is 0 Å². The van der Waals surface area contributed by atoms with Gasteiger partial charge in [-0.05, 0) is 31.5 Å². The van der Waals surface area contributed by atoms with Crippen LogP contribution in [0.5, 0.6) is 11.5 Å². The summed E-state index contributed by atoms with van der Waals surface area (Å²) in [7, 11) is 3.09. The number of methoxy groups -OCH3 is 2. The third-order valence-corrected chi connectivity index (χ3v) is 2.54. The lowest BCUT2D eigenvalue weighted by atomic mass is 10.0. The largest absolute Gasteiger partial charge is 0.496 e. The molecule has 0 heterocycles. The second-order valence-corrected chi connectivity index (χ2v) is 4.16. The predicted octanol–water partition coefficient (Wildman–Crippen LogP) is 2.82. The third kappa shape index (κ3) is 2.47. The van der Waals surface area contributed by atoms with Crippen LogP contribution in [0.15, 0.2) is 12.1 Å². The number of carbonyl (C=O) groups excluding carboxylic acids is 1. The third-order valence-electron chi connectivity index (χ3n) is 2.34. The van der Waals surface area contributed by atoms with Crippen molar-refractivity contribution >= 4 is 17.4 Å². The van der Waals surface area contributed by atoms with E-state index in [0.717, 1.165) is 5.56 Å². The Hall–Kier alpha value is -1.22. The van der Waals surface area contributed by atoms with Crippen LogP contribution in [-0.4, -0.2) is 25.4 Å². The fourth-order valence-corrected chi connectivity index (χ4v) is 1.57. The molecule has 0 aromatic heterocycles. The van der Waals surface area contributed by atoms with Gasteiger partial charge in [0.25, 0.3) is 0 Å². The number of benzene rings is 1. The number of alkyl halides is 1. The minimum atomic E-state index is -0.582. The molecule has 0 spiro atoms. The number of ketones is 1. The number of Topliss-reactive ketones (excluding diaryl/α,β-unsaturated/α-hetero) is 1. The maximum Gasteiger partial charge on any atom is 0.184 e. The van der Waals surface area contributed by atoms with Crippen LogP contribution >= 0.6 is 11.6 Å². The van der Waals surface area contributed by atoms with Gasteiger partial charge in [0.05, 0.1) is 25.2 Å². The van der Waals surface area contributed by atoms with E-state index in [1.54, 1.807) is 26.2 Å². The molecule has 0 fully saturated rings. The summed E-state index contributed by atoms with van der Waals surface area (Å²) >= 11 is 5.78. The number of ether oxygens (including phenoxy) is 2. The molecule has 1 unspecified atom stereocenters. The first kappa shape index (κ1) is 12.8. The van der Waals surface area contributed by atoms with Crippen molar-refractivity contribution in [2.75, 3.05) is 14.2 Å². The molecule has 0 aliphatic rings. The van der Waals surface area contributed by atoms with Gasteiger partial charge in [0.1, 0.15) is 11.5 Å². The minimum Gasteiger partial charge on any atom is -0.496 e. The van der Waals surface area contributed by atoms with E-state index in [9.17, 15) is 4.79 Å². The van der Waals surface area contributed by atoms with E-state index < -0.39 is 5.38 Å². The van der Waals surface area contributed by atoms with E-state index in [1.807, 2.05) is 6.92 Å². The molecule has 16 heavy (non-hydrogen) atoms. The topological polar surface area (TPSA) is 35.5 Å². The molecule has 1 aromatic rings. The molecule has 0 aliphatic heterocycles. The minimum absolute atomic E-state index is 0.170. The molecule has 3 nitrogen and oxygen atoms in total. The zero-order chi connectivity index (χ0) is 12.3. The molecule has 1 aromatic carbocycles. The molecular formula is C12H15ClO3. The van der Waals surface area contributed by atoms with Crippen LogP contribution in [-0.2, 0) is 0 Å². The summed E-state index contributed by atoms with van der Waals surface area (Å²) in [4.78, 5) is 11.8. The van der Waals surface area contributed by atoms with E-state index in [2.05, 4.69) is 0 Å².